The molecule has 0 radical (unpaired) electrons. The van der Waals surface area contributed by atoms with Crippen LogP contribution < -0.4 is 5.32 Å². The van der Waals surface area contributed by atoms with E-state index >= 15 is 0 Å². The molecule has 154 valence electrons. The van der Waals surface area contributed by atoms with Gasteiger partial charge in [-0.15, -0.1) is 0 Å². The Bertz CT molecular complexity index is 698. The van der Waals surface area contributed by atoms with Gasteiger partial charge in [0, 0.05) is 13.1 Å². The third-order valence-corrected chi connectivity index (χ3v) is 7.44. The molecular weight excluding hydrogens is 372 g/mol. The second-order valence-electron chi connectivity index (χ2n) is 10.0. The molecule has 0 saturated heterocycles. The summed E-state index contributed by atoms with van der Waals surface area (Å²) >= 11 is 6.34. The van der Waals surface area contributed by atoms with Crippen molar-refractivity contribution < 1.29 is 9.90 Å². The summed E-state index contributed by atoms with van der Waals surface area (Å²) in [5.41, 5.74) is 1.79. The Kier molecular flexibility index (Phi) is 5.74. The number of rotatable bonds is 7. The molecule has 4 aliphatic rings. The Morgan fingerprint density at radius 2 is 1.82 bits per heavy atom. The summed E-state index contributed by atoms with van der Waals surface area (Å²) in [6.07, 6.45) is 8.14. The number of nitrogens with one attached hydrogen (secondary N) is 1. The number of aliphatic hydroxyl groups excluding tert-OH is 1. The van der Waals surface area contributed by atoms with Crippen LogP contribution in [0.1, 0.15) is 54.4 Å². The van der Waals surface area contributed by atoms with E-state index in [0.717, 1.165) is 29.9 Å². The second kappa shape index (κ2) is 7.97. The predicted octanol–water partition coefficient (Wildman–Crippen LogP) is 3.75. The normalized spacial score (nSPS) is 32.0. The quantitative estimate of drug-likeness (QED) is 0.727. The highest BCUT2D eigenvalue weighted by Crippen LogP contribution is 2.59. The molecule has 0 heterocycles. The molecule has 0 aliphatic heterocycles. The SMILES string of the molecule is CN(C)C[C@H](O)Cc1ccc(Cl)c(C(=O)NCC23CC4CC(CC(C4)C2)C3)c1. The second-order valence-corrected chi connectivity index (χ2v) is 10.4. The number of amides is 1. The number of halogens is 1. The zero-order chi connectivity index (χ0) is 19.9. The molecule has 2 N–H and O–H groups in total. The van der Waals surface area contributed by atoms with Crippen molar-refractivity contribution in [3.8, 4) is 0 Å². The average molecular weight is 405 g/mol. The van der Waals surface area contributed by atoms with Crippen molar-refractivity contribution in [3.63, 3.8) is 0 Å². The van der Waals surface area contributed by atoms with Gasteiger partial charge in [-0.25, -0.2) is 0 Å². The van der Waals surface area contributed by atoms with Crippen LogP contribution in [0.25, 0.3) is 0 Å². The van der Waals surface area contributed by atoms with E-state index in [1.807, 2.05) is 31.1 Å². The van der Waals surface area contributed by atoms with Gasteiger partial charge in [0.1, 0.15) is 0 Å². The van der Waals surface area contributed by atoms with E-state index in [1.165, 1.54) is 38.5 Å². The Labute approximate surface area is 173 Å². The number of hydrogen-bond acceptors (Lipinski definition) is 3. The Morgan fingerprint density at radius 3 is 2.39 bits per heavy atom. The van der Waals surface area contributed by atoms with Gasteiger partial charge in [-0.3, -0.25) is 4.79 Å². The lowest BCUT2D eigenvalue weighted by molar-refractivity contribution is -0.0503. The van der Waals surface area contributed by atoms with Gasteiger partial charge in [-0.2, -0.15) is 0 Å². The van der Waals surface area contributed by atoms with Gasteiger partial charge in [-0.1, -0.05) is 17.7 Å². The van der Waals surface area contributed by atoms with Crippen molar-refractivity contribution in [2.24, 2.45) is 23.2 Å². The number of benzene rings is 1. The van der Waals surface area contributed by atoms with Crippen LogP contribution in [0.4, 0.5) is 0 Å². The van der Waals surface area contributed by atoms with Gasteiger partial charge in [0.15, 0.2) is 0 Å². The summed E-state index contributed by atoms with van der Waals surface area (Å²) in [5, 5.41) is 13.9. The molecule has 4 bridgehead atoms. The highest BCUT2D eigenvalue weighted by atomic mass is 35.5. The van der Waals surface area contributed by atoms with Crippen LogP contribution in [0.5, 0.6) is 0 Å². The molecule has 28 heavy (non-hydrogen) atoms. The Balaban J connectivity index is 1.40. The molecule has 4 nitrogen and oxygen atoms in total. The lowest BCUT2D eigenvalue weighted by atomic mass is 9.49. The minimum absolute atomic E-state index is 0.0790. The minimum atomic E-state index is -0.459. The number of carbonyl (C=O) groups excluding carboxylic acids is 1. The monoisotopic (exact) mass is 404 g/mol. The molecule has 4 saturated carbocycles. The van der Waals surface area contributed by atoms with Gasteiger partial charge in [0.25, 0.3) is 5.91 Å². The number of likely N-dealkylation sites (N-methyl/N-ethyl adjacent to an activating group) is 1. The summed E-state index contributed by atoms with van der Waals surface area (Å²) in [6, 6.07) is 5.52. The van der Waals surface area contributed by atoms with Crippen LogP contribution >= 0.6 is 11.6 Å². The smallest absolute Gasteiger partial charge is 0.252 e. The van der Waals surface area contributed by atoms with E-state index in [4.69, 9.17) is 11.6 Å². The fourth-order valence-electron chi connectivity index (χ4n) is 6.50. The largest absolute Gasteiger partial charge is 0.391 e. The van der Waals surface area contributed by atoms with E-state index < -0.39 is 6.10 Å². The molecule has 1 atom stereocenters. The fourth-order valence-corrected chi connectivity index (χ4v) is 6.70. The molecule has 1 aromatic rings. The summed E-state index contributed by atoms with van der Waals surface area (Å²) in [5.74, 6) is 2.57. The van der Waals surface area contributed by atoms with Crippen LogP contribution in [-0.2, 0) is 6.42 Å². The molecule has 4 fully saturated rings. The van der Waals surface area contributed by atoms with E-state index in [1.54, 1.807) is 6.07 Å². The maximum absolute atomic E-state index is 12.9. The topological polar surface area (TPSA) is 52.6 Å². The van der Waals surface area contributed by atoms with Gasteiger partial charge in [0.05, 0.1) is 16.7 Å². The molecule has 1 amide bonds. The van der Waals surface area contributed by atoms with Gasteiger partial charge >= 0.3 is 0 Å². The zero-order valence-corrected chi connectivity index (χ0v) is 17.8. The fraction of sp³-hybridized carbons (Fsp3) is 0.696. The van der Waals surface area contributed by atoms with E-state index in [0.29, 0.717) is 29.0 Å². The molecule has 0 unspecified atom stereocenters. The Morgan fingerprint density at radius 1 is 1.21 bits per heavy atom. The zero-order valence-electron chi connectivity index (χ0n) is 17.1. The highest BCUT2D eigenvalue weighted by Gasteiger charge is 2.50. The maximum Gasteiger partial charge on any atom is 0.252 e. The van der Waals surface area contributed by atoms with E-state index in [9.17, 15) is 9.90 Å². The number of carbonyl (C=O) groups is 1. The maximum atomic E-state index is 12.9. The van der Waals surface area contributed by atoms with Crippen molar-refractivity contribution in [2.45, 2.75) is 51.0 Å². The van der Waals surface area contributed by atoms with Crippen molar-refractivity contribution in [1.82, 2.24) is 10.2 Å². The summed E-state index contributed by atoms with van der Waals surface area (Å²) in [6.45, 7) is 1.37. The first-order chi connectivity index (χ1) is 13.3. The van der Waals surface area contributed by atoms with Crippen molar-refractivity contribution in [3.05, 3.63) is 34.3 Å². The van der Waals surface area contributed by atoms with Crippen LogP contribution in [0, 0.1) is 23.2 Å². The molecule has 5 rings (SSSR count). The van der Waals surface area contributed by atoms with Gasteiger partial charge in [-0.05, 0) is 99.9 Å². The molecular formula is C23H33ClN2O2. The molecule has 1 aromatic carbocycles. The van der Waals surface area contributed by atoms with Crippen LogP contribution in [0.3, 0.4) is 0 Å². The average Bonchev–Trinajstić information content (AvgIpc) is 2.59. The first-order valence-electron chi connectivity index (χ1n) is 10.7. The van der Waals surface area contributed by atoms with E-state index in [-0.39, 0.29) is 5.91 Å². The third-order valence-electron chi connectivity index (χ3n) is 7.11. The van der Waals surface area contributed by atoms with Crippen molar-refractivity contribution in [2.75, 3.05) is 27.2 Å². The predicted molar refractivity (Wildman–Crippen MR) is 113 cm³/mol. The first-order valence-corrected chi connectivity index (χ1v) is 11.1. The molecule has 5 heteroatoms. The van der Waals surface area contributed by atoms with Crippen LogP contribution in [0.15, 0.2) is 18.2 Å². The lowest BCUT2D eigenvalue weighted by Gasteiger charge is -2.56. The number of nitrogens with zero attached hydrogens (tertiary/aromatic N) is 1. The summed E-state index contributed by atoms with van der Waals surface area (Å²) < 4.78 is 0. The first kappa shape index (κ1) is 20.2. The number of hydrogen-bond donors (Lipinski definition) is 2. The standard InChI is InChI=1S/C23H33ClN2O2/c1-26(2)13-19(27)8-15-3-4-21(24)20(9-15)22(28)25-14-23-10-16-5-17(11-23)7-18(6-16)12-23/h3-4,9,16-19,27H,5-8,10-14H2,1-2H3,(H,25,28)/t16?,17?,18?,19-,23?/m1/s1. The third kappa shape index (κ3) is 4.39. The molecule has 0 aromatic heterocycles. The van der Waals surface area contributed by atoms with Crippen LogP contribution in [-0.4, -0.2) is 49.2 Å². The summed E-state index contributed by atoms with van der Waals surface area (Å²) in [4.78, 5) is 14.9. The van der Waals surface area contributed by atoms with Gasteiger partial charge < -0.3 is 15.3 Å². The molecule has 0 spiro atoms. The minimum Gasteiger partial charge on any atom is -0.391 e. The molecule has 4 aliphatic carbocycles. The van der Waals surface area contributed by atoms with Crippen molar-refractivity contribution >= 4 is 17.5 Å². The van der Waals surface area contributed by atoms with E-state index in [2.05, 4.69) is 5.32 Å². The lowest BCUT2D eigenvalue weighted by Crippen LogP contribution is -2.51. The Hall–Kier alpha value is -1.10. The van der Waals surface area contributed by atoms with Gasteiger partial charge in [0.2, 0.25) is 0 Å². The van der Waals surface area contributed by atoms with Crippen LogP contribution in [0.2, 0.25) is 5.02 Å². The highest BCUT2D eigenvalue weighted by molar-refractivity contribution is 6.33. The number of aliphatic hydroxyl groups is 1. The van der Waals surface area contributed by atoms with Crippen molar-refractivity contribution in [1.29, 1.82) is 0 Å². The summed E-state index contributed by atoms with van der Waals surface area (Å²) in [7, 11) is 3.88.